The summed E-state index contributed by atoms with van der Waals surface area (Å²) in [5.74, 6) is -1.25. The van der Waals surface area contributed by atoms with Crippen molar-refractivity contribution in [3.05, 3.63) is 0 Å². The van der Waals surface area contributed by atoms with Crippen LogP contribution < -0.4 is 0 Å². The molecule has 3 rings (SSSR count). The van der Waals surface area contributed by atoms with Gasteiger partial charge >= 0.3 is 5.97 Å². The smallest absolute Gasteiger partial charge is 0.323 e. The highest BCUT2D eigenvalue weighted by atomic mass is 32.2. The summed E-state index contributed by atoms with van der Waals surface area (Å²) in [5, 5.41) is -0.649. The number of fused-ring (bicyclic) bond motifs is 5. The topological polar surface area (TPSA) is 69.7 Å². The molecule has 3 aliphatic rings. The first kappa shape index (κ1) is 10.3. The van der Waals surface area contributed by atoms with Crippen LogP contribution in [-0.4, -0.2) is 35.5 Å². The quantitative estimate of drug-likeness (QED) is 0.480. The van der Waals surface area contributed by atoms with Gasteiger partial charge in [0.05, 0.1) is 25.2 Å². The molecule has 5 nitrogen and oxygen atoms in total. The minimum Gasteiger partial charge on any atom is -0.468 e. The Bertz CT molecular complexity index is 406. The molecular formula is C10H10O5S. The molecular weight excluding hydrogens is 232 g/mol. The van der Waals surface area contributed by atoms with Crippen LogP contribution in [0.5, 0.6) is 0 Å². The van der Waals surface area contributed by atoms with E-state index in [1.165, 1.54) is 7.11 Å². The summed E-state index contributed by atoms with van der Waals surface area (Å²) in [6, 6.07) is 0. The zero-order valence-electron chi connectivity index (χ0n) is 8.60. The maximum Gasteiger partial charge on any atom is 0.323 e. The average molecular weight is 242 g/mol. The fourth-order valence-corrected chi connectivity index (χ4v) is 4.24. The summed E-state index contributed by atoms with van der Waals surface area (Å²) in [6.07, 6.45) is 0.640. The number of esters is 1. The standard InChI is InChI=1S/C10H10O5S/c1-14-8(12)10-5-3-2-4(15-5)6(10)7(11)16-9(10)13/h4-6H,2-3H2,1H3/t4-,5+,6-,10-/m1/s1. The van der Waals surface area contributed by atoms with Gasteiger partial charge in [-0.2, -0.15) is 0 Å². The van der Waals surface area contributed by atoms with Crippen molar-refractivity contribution in [1.82, 2.24) is 0 Å². The SMILES string of the molecule is COC(=O)[C@]12C(=O)SC(=O)[C@H]1[C@H]1CC[C@@H]2O1. The highest BCUT2D eigenvalue weighted by Gasteiger charge is 2.74. The Labute approximate surface area is 95.8 Å². The van der Waals surface area contributed by atoms with Crippen LogP contribution in [0.3, 0.4) is 0 Å². The lowest BCUT2D eigenvalue weighted by Gasteiger charge is -2.29. The summed E-state index contributed by atoms with van der Waals surface area (Å²) in [7, 11) is 1.24. The summed E-state index contributed by atoms with van der Waals surface area (Å²) in [6.45, 7) is 0. The van der Waals surface area contributed by atoms with Crippen molar-refractivity contribution in [3.63, 3.8) is 0 Å². The van der Waals surface area contributed by atoms with Gasteiger partial charge in [-0.05, 0) is 24.6 Å². The first-order valence-corrected chi connectivity index (χ1v) is 5.94. The number of thioether (sulfide) groups is 1. The third kappa shape index (κ3) is 0.906. The number of methoxy groups -OCH3 is 1. The van der Waals surface area contributed by atoms with Crippen molar-refractivity contribution in [2.24, 2.45) is 11.3 Å². The second kappa shape index (κ2) is 3.07. The highest BCUT2D eigenvalue weighted by Crippen LogP contribution is 2.60. The Morgan fingerprint density at radius 3 is 2.94 bits per heavy atom. The first-order chi connectivity index (χ1) is 7.62. The molecule has 2 bridgehead atoms. The minimum absolute atomic E-state index is 0.248. The molecule has 3 saturated heterocycles. The van der Waals surface area contributed by atoms with Crippen molar-refractivity contribution in [3.8, 4) is 0 Å². The van der Waals surface area contributed by atoms with E-state index in [2.05, 4.69) is 0 Å². The van der Waals surface area contributed by atoms with Crippen LogP contribution in [-0.2, 0) is 23.9 Å². The molecule has 6 heteroatoms. The molecule has 0 unspecified atom stereocenters. The minimum atomic E-state index is -1.35. The van der Waals surface area contributed by atoms with Gasteiger partial charge in [0.15, 0.2) is 5.41 Å². The van der Waals surface area contributed by atoms with Gasteiger partial charge < -0.3 is 9.47 Å². The lowest BCUT2D eigenvalue weighted by molar-refractivity contribution is -0.161. The van der Waals surface area contributed by atoms with Crippen LogP contribution in [0.15, 0.2) is 0 Å². The Balaban J connectivity index is 2.14. The van der Waals surface area contributed by atoms with Crippen molar-refractivity contribution >= 4 is 28.0 Å². The van der Waals surface area contributed by atoms with E-state index in [1.54, 1.807) is 0 Å². The van der Waals surface area contributed by atoms with Gasteiger partial charge in [0.25, 0.3) is 0 Å². The Hall–Kier alpha value is -0.880. The molecule has 0 spiro atoms. The van der Waals surface area contributed by atoms with E-state index in [0.717, 1.165) is 6.42 Å². The van der Waals surface area contributed by atoms with Crippen LogP contribution in [0, 0.1) is 11.3 Å². The summed E-state index contributed by atoms with van der Waals surface area (Å²) >= 11 is 0.644. The lowest BCUT2D eigenvalue weighted by Crippen LogP contribution is -2.49. The number of ether oxygens (including phenoxy) is 2. The molecule has 86 valence electrons. The molecule has 0 radical (unpaired) electrons. The Morgan fingerprint density at radius 2 is 2.25 bits per heavy atom. The number of hydrogen-bond acceptors (Lipinski definition) is 6. The molecule has 0 N–H and O–H groups in total. The molecule has 0 aromatic rings. The molecule has 0 aromatic heterocycles. The number of hydrogen-bond donors (Lipinski definition) is 0. The van der Waals surface area contributed by atoms with Crippen molar-refractivity contribution in [2.75, 3.05) is 7.11 Å². The second-order valence-electron chi connectivity index (χ2n) is 4.29. The zero-order chi connectivity index (χ0) is 11.5. The molecule has 3 fully saturated rings. The van der Waals surface area contributed by atoms with Crippen molar-refractivity contribution in [2.45, 2.75) is 25.0 Å². The summed E-state index contributed by atoms with van der Waals surface area (Å²) < 4.78 is 10.3. The third-order valence-corrected chi connectivity index (χ3v) is 4.71. The molecule has 4 atom stereocenters. The van der Waals surface area contributed by atoms with E-state index in [-0.39, 0.29) is 11.2 Å². The molecule has 0 aromatic carbocycles. The maximum atomic E-state index is 11.9. The number of carbonyl (C=O) groups is 3. The van der Waals surface area contributed by atoms with E-state index < -0.39 is 28.5 Å². The van der Waals surface area contributed by atoms with E-state index >= 15 is 0 Å². The van der Waals surface area contributed by atoms with Crippen LogP contribution in [0.2, 0.25) is 0 Å². The van der Waals surface area contributed by atoms with Crippen LogP contribution in [0.1, 0.15) is 12.8 Å². The van der Waals surface area contributed by atoms with Crippen molar-refractivity contribution < 1.29 is 23.9 Å². The predicted octanol–water partition coefficient (Wildman–Crippen LogP) is 0.123. The largest absolute Gasteiger partial charge is 0.468 e. The first-order valence-electron chi connectivity index (χ1n) is 5.12. The molecule has 0 aliphatic carbocycles. The molecule has 16 heavy (non-hydrogen) atoms. The van der Waals surface area contributed by atoms with E-state index in [0.29, 0.717) is 18.2 Å². The summed E-state index contributed by atoms with van der Waals surface area (Å²) in [5.41, 5.74) is -1.35. The number of rotatable bonds is 1. The van der Waals surface area contributed by atoms with Crippen LogP contribution >= 0.6 is 11.8 Å². The molecule has 3 aliphatic heterocycles. The monoisotopic (exact) mass is 242 g/mol. The van der Waals surface area contributed by atoms with Gasteiger partial charge in [0.2, 0.25) is 10.2 Å². The number of carbonyl (C=O) groups excluding carboxylic acids is 3. The summed E-state index contributed by atoms with van der Waals surface area (Å²) in [4.78, 5) is 35.6. The van der Waals surface area contributed by atoms with Gasteiger partial charge in [-0.3, -0.25) is 14.4 Å². The second-order valence-corrected chi connectivity index (χ2v) is 5.26. The fraction of sp³-hybridized carbons (Fsp3) is 0.700. The van der Waals surface area contributed by atoms with E-state index in [4.69, 9.17) is 9.47 Å². The van der Waals surface area contributed by atoms with Gasteiger partial charge in [0.1, 0.15) is 0 Å². The predicted molar refractivity (Wildman–Crippen MR) is 53.4 cm³/mol. The van der Waals surface area contributed by atoms with E-state index in [1.807, 2.05) is 0 Å². The average Bonchev–Trinajstić information content (AvgIpc) is 2.90. The zero-order valence-corrected chi connectivity index (χ0v) is 9.41. The van der Waals surface area contributed by atoms with Crippen LogP contribution in [0.4, 0.5) is 0 Å². The molecule has 0 amide bonds. The fourth-order valence-electron chi connectivity index (χ4n) is 3.08. The molecule has 0 saturated carbocycles. The van der Waals surface area contributed by atoms with Gasteiger partial charge in [-0.15, -0.1) is 0 Å². The van der Waals surface area contributed by atoms with Gasteiger partial charge in [0, 0.05) is 0 Å². The maximum absolute atomic E-state index is 11.9. The molecule has 3 heterocycles. The Kier molecular flexibility index (Phi) is 1.98. The van der Waals surface area contributed by atoms with Gasteiger partial charge in [-0.25, -0.2) is 0 Å². The van der Waals surface area contributed by atoms with E-state index in [9.17, 15) is 14.4 Å². The van der Waals surface area contributed by atoms with Crippen molar-refractivity contribution in [1.29, 1.82) is 0 Å². The van der Waals surface area contributed by atoms with Crippen LogP contribution in [0.25, 0.3) is 0 Å². The third-order valence-electron chi connectivity index (χ3n) is 3.73. The lowest BCUT2D eigenvalue weighted by atomic mass is 9.67. The Morgan fingerprint density at radius 1 is 1.50 bits per heavy atom. The normalized spacial score (nSPS) is 44.9. The van der Waals surface area contributed by atoms with Gasteiger partial charge in [-0.1, -0.05) is 0 Å². The highest BCUT2D eigenvalue weighted by molar-refractivity contribution is 8.26.